The Kier molecular flexibility index (Phi) is 4.13. The quantitative estimate of drug-likeness (QED) is 0.672. The zero-order valence-electron chi connectivity index (χ0n) is 14.0. The largest absolute Gasteiger partial charge is 0.381 e. The molecule has 1 aliphatic rings. The lowest BCUT2D eigenvalue weighted by atomic mass is 10.0. The van der Waals surface area contributed by atoms with Gasteiger partial charge in [0.2, 0.25) is 0 Å². The van der Waals surface area contributed by atoms with Gasteiger partial charge in [0, 0.05) is 34.2 Å². The number of fused-ring (bicyclic) bond motifs is 1. The summed E-state index contributed by atoms with van der Waals surface area (Å²) < 4.78 is 20.0. The fourth-order valence-corrected chi connectivity index (χ4v) is 3.23. The van der Waals surface area contributed by atoms with E-state index in [2.05, 4.69) is 9.97 Å². The minimum Gasteiger partial charge on any atom is -0.381 e. The average molecular weight is 358 g/mol. The number of hydrogen-bond donors (Lipinski definition) is 0. The van der Waals surface area contributed by atoms with Gasteiger partial charge in [-0.3, -0.25) is 0 Å². The molecule has 25 heavy (non-hydrogen) atoms. The lowest BCUT2D eigenvalue weighted by Gasteiger charge is -2.13. The van der Waals surface area contributed by atoms with E-state index < -0.39 is 5.82 Å². The second-order valence-corrected chi connectivity index (χ2v) is 6.81. The summed E-state index contributed by atoms with van der Waals surface area (Å²) in [4.78, 5) is 13.9. The van der Waals surface area contributed by atoms with E-state index in [0.29, 0.717) is 41.0 Å². The predicted molar refractivity (Wildman–Crippen MR) is 95.4 cm³/mol. The van der Waals surface area contributed by atoms with Gasteiger partial charge in [-0.1, -0.05) is 11.6 Å². The van der Waals surface area contributed by atoms with E-state index in [1.807, 2.05) is 19.9 Å². The van der Waals surface area contributed by atoms with Crippen LogP contribution in [0.1, 0.15) is 29.4 Å². The summed E-state index contributed by atoms with van der Waals surface area (Å²) in [5.41, 5.74) is 3.47. The summed E-state index contributed by atoms with van der Waals surface area (Å²) in [5, 5.41) is 1.10. The number of aromatic nitrogens is 3. The third kappa shape index (κ3) is 2.98. The van der Waals surface area contributed by atoms with Crippen LogP contribution >= 0.6 is 11.6 Å². The highest BCUT2D eigenvalue weighted by atomic mass is 35.5. The van der Waals surface area contributed by atoms with E-state index in [4.69, 9.17) is 21.3 Å². The van der Waals surface area contributed by atoms with Crippen LogP contribution in [0.5, 0.6) is 0 Å². The van der Waals surface area contributed by atoms with Crippen LogP contribution in [0.25, 0.3) is 22.3 Å². The maximum atomic E-state index is 14.6. The Morgan fingerprint density at radius 3 is 2.72 bits per heavy atom. The topological polar surface area (TPSA) is 47.9 Å². The van der Waals surface area contributed by atoms with Gasteiger partial charge >= 0.3 is 0 Å². The highest BCUT2D eigenvalue weighted by Gasteiger charge is 2.24. The Labute approximate surface area is 150 Å². The number of aryl methyl sites for hydroxylation is 2. The molecule has 0 amide bonds. The molecule has 0 radical (unpaired) electrons. The standard InChI is InChI=1S/C19H17ClFN3O/c1-10-7-15-17(14-4-3-13(20)8-16(14)21)23-18(12-5-6-25-9-12)24-19(15)22-11(10)2/h3-4,7-8,12H,5-6,9H2,1-2H3. The van der Waals surface area contributed by atoms with Gasteiger partial charge in [0.25, 0.3) is 0 Å². The Bertz CT molecular complexity index is 971. The SMILES string of the molecule is Cc1cc2c(-c3ccc(Cl)cc3F)nc(C3CCOC3)nc2nc1C. The van der Waals surface area contributed by atoms with Crippen molar-refractivity contribution in [2.45, 2.75) is 26.2 Å². The Balaban J connectivity index is 2.00. The second-order valence-electron chi connectivity index (χ2n) is 6.38. The van der Waals surface area contributed by atoms with Gasteiger partial charge in [0.05, 0.1) is 12.3 Å². The van der Waals surface area contributed by atoms with E-state index in [9.17, 15) is 4.39 Å². The van der Waals surface area contributed by atoms with Crippen LogP contribution in [0.3, 0.4) is 0 Å². The minimum absolute atomic E-state index is 0.113. The van der Waals surface area contributed by atoms with E-state index in [0.717, 1.165) is 23.1 Å². The average Bonchev–Trinajstić information content (AvgIpc) is 3.10. The molecule has 1 atom stereocenters. The van der Waals surface area contributed by atoms with Gasteiger partial charge in [0.1, 0.15) is 11.6 Å². The monoisotopic (exact) mass is 357 g/mol. The van der Waals surface area contributed by atoms with Crippen LogP contribution in [0, 0.1) is 19.7 Å². The summed E-state index contributed by atoms with van der Waals surface area (Å²) in [5.74, 6) is 0.367. The van der Waals surface area contributed by atoms with E-state index in [1.165, 1.54) is 6.07 Å². The summed E-state index contributed by atoms with van der Waals surface area (Å²) in [6.45, 7) is 5.19. The molecule has 4 nitrogen and oxygen atoms in total. The molecule has 0 N–H and O–H groups in total. The van der Waals surface area contributed by atoms with Crippen molar-refractivity contribution in [2.75, 3.05) is 13.2 Å². The van der Waals surface area contributed by atoms with Crippen molar-refractivity contribution in [2.24, 2.45) is 0 Å². The van der Waals surface area contributed by atoms with E-state index in [1.54, 1.807) is 12.1 Å². The maximum absolute atomic E-state index is 14.6. The first-order valence-electron chi connectivity index (χ1n) is 8.22. The highest BCUT2D eigenvalue weighted by Crippen LogP contribution is 2.32. The minimum atomic E-state index is -0.403. The van der Waals surface area contributed by atoms with Gasteiger partial charge in [-0.2, -0.15) is 0 Å². The molecule has 6 heteroatoms. The normalized spacial score (nSPS) is 17.4. The fraction of sp³-hybridized carbons (Fsp3) is 0.316. The lowest BCUT2D eigenvalue weighted by Crippen LogP contribution is -2.08. The first kappa shape index (κ1) is 16.4. The maximum Gasteiger partial charge on any atom is 0.163 e. The van der Waals surface area contributed by atoms with Gasteiger partial charge in [-0.15, -0.1) is 0 Å². The van der Waals surface area contributed by atoms with Crippen molar-refractivity contribution in [3.8, 4) is 11.3 Å². The van der Waals surface area contributed by atoms with Crippen LogP contribution in [0.4, 0.5) is 4.39 Å². The number of pyridine rings is 1. The Hall–Kier alpha value is -2.11. The van der Waals surface area contributed by atoms with Crippen LogP contribution < -0.4 is 0 Å². The summed E-state index contributed by atoms with van der Waals surface area (Å²) >= 11 is 5.90. The smallest absolute Gasteiger partial charge is 0.163 e. The van der Waals surface area contributed by atoms with Gasteiger partial charge in [-0.05, 0) is 50.1 Å². The molecule has 2 aromatic heterocycles. The second kappa shape index (κ2) is 6.32. The van der Waals surface area contributed by atoms with Gasteiger partial charge < -0.3 is 4.74 Å². The van der Waals surface area contributed by atoms with Crippen LogP contribution in [0.2, 0.25) is 5.02 Å². The zero-order valence-corrected chi connectivity index (χ0v) is 14.8. The number of benzene rings is 1. The van der Waals surface area contributed by atoms with Crippen molar-refractivity contribution in [1.29, 1.82) is 0 Å². The van der Waals surface area contributed by atoms with Crippen molar-refractivity contribution < 1.29 is 9.13 Å². The number of hydrogen-bond acceptors (Lipinski definition) is 4. The molecule has 1 saturated heterocycles. The first-order chi connectivity index (χ1) is 12.0. The molecular formula is C19H17ClFN3O. The lowest BCUT2D eigenvalue weighted by molar-refractivity contribution is 0.193. The Morgan fingerprint density at radius 1 is 1.16 bits per heavy atom. The van der Waals surface area contributed by atoms with Crippen LogP contribution in [-0.4, -0.2) is 28.2 Å². The van der Waals surface area contributed by atoms with Crippen molar-refractivity contribution in [3.63, 3.8) is 0 Å². The molecule has 3 aromatic rings. The molecule has 0 saturated carbocycles. The zero-order chi connectivity index (χ0) is 17.6. The van der Waals surface area contributed by atoms with E-state index >= 15 is 0 Å². The molecule has 3 heterocycles. The highest BCUT2D eigenvalue weighted by molar-refractivity contribution is 6.30. The summed E-state index contributed by atoms with van der Waals surface area (Å²) in [6, 6.07) is 6.60. The molecular weight excluding hydrogens is 341 g/mol. The molecule has 1 aliphatic heterocycles. The predicted octanol–water partition coefficient (Wildman–Crippen LogP) is 4.61. The number of rotatable bonds is 2. The molecule has 4 rings (SSSR count). The van der Waals surface area contributed by atoms with Crippen molar-refractivity contribution in [1.82, 2.24) is 15.0 Å². The molecule has 0 bridgehead atoms. The van der Waals surface area contributed by atoms with E-state index in [-0.39, 0.29) is 5.92 Å². The third-order valence-electron chi connectivity index (χ3n) is 4.63. The summed E-state index contributed by atoms with van der Waals surface area (Å²) in [7, 11) is 0. The molecule has 1 aromatic carbocycles. The molecule has 0 spiro atoms. The van der Waals surface area contributed by atoms with Crippen LogP contribution in [0.15, 0.2) is 24.3 Å². The number of nitrogens with zero attached hydrogens (tertiary/aromatic N) is 3. The van der Waals surface area contributed by atoms with Crippen LogP contribution in [-0.2, 0) is 4.74 Å². The number of ether oxygens (including phenoxy) is 1. The fourth-order valence-electron chi connectivity index (χ4n) is 3.07. The molecule has 128 valence electrons. The number of halogens is 2. The van der Waals surface area contributed by atoms with Crippen molar-refractivity contribution in [3.05, 3.63) is 52.2 Å². The van der Waals surface area contributed by atoms with Gasteiger partial charge in [-0.25, -0.2) is 19.3 Å². The first-order valence-corrected chi connectivity index (χ1v) is 8.60. The Morgan fingerprint density at radius 2 is 2.00 bits per heavy atom. The van der Waals surface area contributed by atoms with Gasteiger partial charge in [0.15, 0.2) is 5.65 Å². The summed E-state index contributed by atoms with van der Waals surface area (Å²) in [6.07, 6.45) is 0.860. The molecule has 0 aliphatic carbocycles. The molecule has 1 fully saturated rings. The van der Waals surface area contributed by atoms with Crippen molar-refractivity contribution >= 4 is 22.6 Å². The molecule has 1 unspecified atom stereocenters. The third-order valence-corrected chi connectivity index (χ3v) is 4.86.